The molecule has 0 amide bonds. The summed E-state index contributed by atoms with van der Waals surface area (Å²) in [7, 11) is 0. The van der Waals surface area contributed by atoms with Crippen molar-refractivity contribution in [3.05, 3.63) is 48.6 Å². The van der Waals surface area contributed by atoms with E-state index in [0.29, 0.717) is 48.6 Å². The number of carboxylic acid groups (broad SMARTS) is 8. The molecule has 0 rings (SSSR count). The van der Waals surface area contributed by atoms with Crippen molar-refractivity contribution in [2.75, 3.05) is 13.2 Å². The van der Waals surface area contributed by atoms with E-state index in [1.54, 1.807) is 0 Å². The van der Waals surface area contributed by atoms with Gasteiger partial charge in [0.25, 0.3) is 0 Å². The number of aliphatic hydroxyl groups is 6. The molecular formula is C22H30O22. The maximum absolute atomic E-state index is 9.55. The lowest BCUT2D eigenvalue weighted by Gasteiger charge is -2.24. The minimum Gasteiger partial charge on any atom is -0.478 e. The first-order valence-corrected chi connectivity index (χ1v) is 10.5. The van der Waals surface area contributed by atoms with Crippen LogP contribution in [0.3, 0.4) is 0 Å². The molecule has 0 radical (unpaired) electrons. The first-order valence-electron chi connectivity index (χ1n) is 10.5. The molecule has 0 saturated heterocycles. The second kappa shape index (κ2) is 30.4. The molecule has 0 spiro atoms. The van der Waals surface area contributed by atoms with Crippen LogP contribution in [0.5, 0.6) is 0 Å². The Morgan fingerprint density at radius 1 is 0.341 bits per heavy atom. The summed E-state index contributed by atoms with van der Waals surface area (Å²) in [6, 6.07) is 0. The highest BCUT2D eigenvalue weighted by Crippen LogP contribution is 2.04. The number of carboxylic acids is 8. The standard InChI is InChI=1S/C6H14O6.4C4H4O4/c7-1-3(9)5(11)6(12)4(10)2-8;4*5-3(6)1-2-4(7)8/h3-12H,1-2H2;4*1-2H,(H,5,6)(H,7,8)/b;4*2-1-/t3-,4+,5-,6-;;;;/m1..../s1. The van der Waals surface area contributed by atoms with Crippen LogP contribution >= 0.6 is 0 Å². The minimum atomic E-state index is -1.67. The van der Waals surface area contributed by atoms with Crippen molar-refractivity contribution in [2.45, 2.75) is 24.4 Å². The largest absolute Gasteiger partial charge is 0.478 e. The fourth-order valence-electron chi connectivity index (χ4n) is 1.24. The van der Waals surface area contributed by atoms with Gasteiger partial charge in [0.2, 0.25) is 0 Å². The molecule has 0 heterocycles. The molecule has 0 fully saturated rings. The Bertz CT molecular complexity index is 825. The Balaban J connectivity index is -0.000000146. The van der Waals surface area contributed by atoms with Gasteiger partial charge >= 0.3 is 47.8 Å². The Morgan fingerprint density at radius 2 is 0.455 bits per heavy atom. The Hall–Kier alpha value is -5.52. The van der Waals surface area contributed by atoms with Crippen LogP contribution in [-0.4, -0.2) is 157 Å². The smallest absolute Gasteiger partial charge is 0.328 e. The van der Waals surface area contributed by atoms with E-state index in [1.165, 1.54) is 0 Å². The highest BCUT2D eigenvalue weighted by molar-refractivity contribution is 5.91. The summed E-state index contributed by atoms with van der Waals surface area (Å²) in [5, 5.41) is 115. The van der Waals surface area contributed by atoms with Gasteiger partial charge in [0.05, 0.1) is 13.2 Å². The third-order valence-corrected chi connectivity index (χ3v) is 2.99. The van der Waals surface area contributed by atoms with E-state index < -0.39 is 85.4 Å². The number of hydrogen-bond acceptors (Lipinski definition) is 14. The highest BCUT2D eigenvalue weighted by Gasteiger charge is 2.29. The molecule has 250 valence electrons. The summed E-state index contributed by atoms with van der Waals surface area (Å²) in [5.74, 6) is -10.1. The fourth-order valence-corrected chi connectivity index (χ4v) is 1.24. The van der Waals surface area contributed by atoms with Crippen LogP contribution in [0.2, 0.25) is 0 Å². The Labute approximate surface area is 244 Å². The van der Waals surface area contributed by atoms with Crippen LogP contribution in [0, 0.1) is 0 Å². The summed E-state index contributed by atoms with van der Waals surface area (Å²) < 4.78 is 0. The average Bonchev–Trinajstić information content (AvgIpc) is 2.92. The third-order valence-electron chi connectivity index (χ3n) is 2.99. The van der Waals surface area contributed by atoms with Gasteiger partial charge in [-0.15, -0.1) is 0 Å². The molecule has 0 aliphatic heterocycles. The van der Waals surface area contributed by atoms with E-state index in [4.69, 9.17) is 71.5 Å². The molecule has 0 bridgehead atoms. The maximum atomic E-state index is 9.55. The predicted octanol–water partition coefficient (Wildman–Crippen LogP) is -4.74. The van der Waals surface area contributed by atoms with Gasteiger partial charge in [-0.2, -0.15) is 0 Å². The van der Waals surface area contributed by atoms with Crippen LogP contribution in [0.4, 0.5) is 0 Å². The van der Waals surface area contributed by atoms with Crippen molar-refractivity contribution in [1.29, 1.82) is 0 Å². The SMILES string of the molecule is O=C(O)/C=C\C(=O)O.O=C(O)/C=C\C(=O)O.O=C(O)/C=C\C(=O)O.O=C(O)/C=C\C(=O)O.OC[C@@H](O)[C@@H](O)[C@H](O)[C@@H](O)CO. The van der Waals surface area contributed by atoms with E-state index in [2.05, 4.69) is 0 Å². The van der Waals surface area contributed by atoms with Crippen molar-refractivity contribution in [3.8, 4) is 0 Å². The lowest BCUT2D eigenvalue weighted by molar-refractivity contribution is -0.134. The first kappa shape index (κ1) is 48.2. The lowest BCUT2D eigenvalue weighted by Crippen LogP contribution is -2.46. The molecule has 0 aromatic carbocycles. The first-order chi connectivity index (χ1) is 20.0. The molecule has 0 aliphatic rings. The molecular weight excluding hydrogens is 616 g/mol. The van der Waals surface area contributed by atoms with Crippen LogP contribution in [0.15, 0.2) is 48.6 Å². The third kappa shape index (κ3) is 49.4. The van der Waals surface area contributed by atoms with Gasteiger partial charge < -0.3 is 71.5 Å². The van der Waals surface area contributed by atoms with E-state index in [-0.39, 0.29) is 0 Å². The summed E-state index contributed by atoms with van der Waals surface area (Å²) >= 11 is 0. The Kier molecular flexibility index (Phi) is 33.4. The molecule has 22 nitrogen and oxygen atoms in total. The van der Waals surface area contributed by atoms with E-state index in [9.17, 15) is 38.4 Å². The van der Waals surface area contributed by atoms with E-state index in [0.717, 1.165) is 0 Å². The molecule has 14 N–H and O–H groups in total. The number of aliphatic hydroxyl groups excluding tert-OH is 6. The van der Waals surface area contributed by atoms with Crippen LogP contribution in [0.1, 0.15) is 0 Å². The normalized spacial score (nSPS) is 12.8. The highest BCUT2D eigenvalue weighted by atomic mass is 16.4. The number of carbonyl (C=O) groups is 8. The molecule has 4 atom stereocenters. The second-order valence-corrected chi connectivity index (χ2v) is 6.52. The van der Waals surface area contributed by atoms with Gasteiger partial charge in [-0.05, 0) is 0 Å². The zero-order valence-corrected chi connectivity index (χ0v) is 21.9. The van der Waals surface area contributed by atoms with Crippen molar-refractivity contribution in [3.63, 3.8) is 0 Å². The average molecular weight is 646 g/mol. The minimum absolute atomic E-state index is 0.558. The van der Waals surface area contributed by atoms with E-state index >= 15 is 0 Å². The number of rotatable bonds is 13. The number of aliphatic carboxylic acids is 8. The zero-order chi connectivity index (χ0) is 36.0. The van der Waals surface area contributed by atoms with Crippen LogP contribution < -0.4 is 0 Å². The van der Waals surface area contributed by atoms with Gasteiger partial charge in [-0.3, -0.25) is 0 Å². The molecule has 0 aromatic rings. The van der Waals surface area contributed by atoms with Crippen molar-refractivity contribution < 1.29 is 110 Å². The lowest BCUT2D eigenvalue weighted by atomic mass is 10.0. The summed E-state index contributed by atoms with van der Waals surface area (Å²) in [4.78, 5) is 76.4. The fraction of sp³-hybridized carbons (Fsp3) is 0.273. The molecule has 0 aliphatic carbocycles. The molecule has 22 heteroatoms. The summed E-state index contributed by atoms with van der Waals surface area (Å²) in [5.41, 5.74) is 0. The molecule has 0 aromatic heterocycles. The quantitative estimate of drug-likeness (QED) is 0.0835. The summed E-state index contributed by atoms with van der Waals surface area (Å²) in [6.07, 6.45) is -1.93. The molecule has 0 saturated carbocycles. The van der Waals surface area contributed by atoms with Gasteiger partial charge in [0, 0.05) is 48.6 Å². The topological polar surface area (TPSA) is 420 Å². The van der Waals surface area contributed by atoms with Gasteiger partial charge in [0.1, 0.15) is 24.4 Å². The summed E-state index contributed by atoms with van der Waals surface area (Å²) in [6.45, 7) is -1.45. The van der Waals surface area contributed by atoms with Gasteiger partial charge in [-0.1, -0.05) is 0 Å². The molecule has 0 unspecified atom stereocenters. The van der Waals surface area contributed by atoms with Gasteiger partial charge in [0.15, 0.2) is 0 Å². The van der Waals surface area contributed by atoms with Crippen molar-refractivity contribution in [1.82, 2.24) is 0 Å². The zero-order valence-electron chi connectivity index (χ0n) is 21.9. The molecule has 44 heavy (non-hydrogen) atoms. The van der Waals surface area contributed by atoms with Crippen molar-refractivity contribution in [2.24, 2.45) is 0 Å². The van der Waals surface area contributed by atoms with Gasteiger partial charge in [-0.25, -0.2) is 38.4 Å². The maximum Gasteiger partial charge on any atom is 0.328 e. The van der Waals surface area contributed by atoms with Crippen molar-refractivity contribution >= 4 is 47.8 Å². The number of hydrogen-bond donors (Lipinski definition) is 14. The van der Waals surface area contributed by atoms with Crippen LogP contribution in [0.25, 0.3) is 0 Å². The van der Waals surface area contributed by atoms with Crippen LogP contribution in [-0.2, 0) is 38.4 Å². The second-order valence-electron chi connectivity index (χ2n) is 6.52. The van der Waals surface area contributed by atoms with E-state index in [1.807, 2.05) is 0 Å². The monoisotopic (exact) mass is 646 g/mol. The predicted molar refractivity (Wildman–Crippen MR) is 136 cm³/mol. The Morgan fingerprint density at radius 3 is 0.523 bits per heavy atom.